The number of aliphatic hydroxyl groups is 1. The highest BCUT2D eigenvalue weighted by molar-refractivity contribution is 5.96. The Kier molecular flexibility index (Phi) is 13.0. The molecule has 10 nitrogen and oxygen atoms in total. The minimum Gasteiger partial charge on any atom is -0.493 e. The van der Waals surface area contributed by atoms with Crippen LogP contribution >= 0.6 is 24.8 Å². The van der Waals surface area contributed by atoms with Crippen LogP contribution in [0.3, 0.4) is 0 Å². The second-order valence-electron chi connectivity index (χ2n) is 10.8. The summed E-state index contributed by atoms with van der Waals surface area (Å²) >= 11 is 0. The number of carbonyl (C=O) groups is 1. The minimum atomic E-state index is -1.00. The van der Waals surface area contributed by atoms with E-state index in [-0.39, 0.29) is 36.6 Å². The molecule has 0 saturated carbocycles. The van der Waals surface area contributed by atoms with Gasteiger partial charge in [-0.15, -0.1) is 24.8 Å². The molecule has 6 rings (SSSR count). The van der Waals surface area contributed by atoms with Crippen molar-refractivity contribution in [2.45, 2.75) is 44.4 Å². The van der Waals surface area contributed by atoms with Gasteiger partial charge in [-0.25, -0.2) is 4.79 Å². The number of ether oxygens (including phenoxy) is 2. The number of aliphatic hydroxyl groups excluding tert-OH is 1. The van der Waals surface area contributed by atoms with E-state index in [9.17, 15) is 9.90 Å². The molecule has 43 heavy (non-hydrogen) atoms. The molecule has 2 aromatic carbocycles. The summed E-state index contributed by atoms with van der Waals surface area (Å²) in [7, 11) is 1.60. The Hall–Kier alpha value is -2.99. The number of fused-ring (bicyclic) bond motifs is 2. The highest BCUT2D eigenvalue weighted by Crippen LogP contribution is 2.32. The minimum absolute atomic E-state index is 0. The van der Waals surface area contributed by atoms with Crippen LogP contribution in [0.25, 0.3) is 21.9 Å². The smallest absolute Gasteiger partial charge is 0.352 e. The normalized spacial score (nSPS) is 16.6. The van der Waals surface area contributed by atoms with Crippen LogP contribution in [0.2, 0.25) is 0 Å². The molecule has 2 aromatic heterocycles. The molecule has 5 N–H and O–H groups in total. The van der Waals surface area contributed by atoms with Crippen molar-refractivity contribution in [3.63, 3.8) is 0 Å². The predicted molar refractivity (Wildman–Crippen MR) is 172 cm³/mol. The van der Waals surface area contributed by atoms with Gasteiger partial charge in [-0.3, -0.25) is 0 Å². The molecule has 2 fully saturated rings. The molecule has 0 radical (unpaired) electrons. The molecule has 236 valence electrons. The van der Waals surface area contributed by atoms with Crippen LogP contribution in [0.15, 0.2) is 53.1 Å². The number of halogens is 2. The summed E-state index contributed by atoms with van der Waals surface area (Å²) in [5.41, 5.74) is 8.30. The SMILES string of the molecule is COc1cccc2c(COc3cccc4[nH]c(C(=O)O)cc34)coc12.Cl.Cl.NC1CCN(CCN2CCC(O)CC2)CC1. The van der Waals surface area contributed by atoms with E-state index in [1.807, 2.05) is 36.4 Å². The van der Waals surface area contributed by atoms with Gasteiger partial charge in [-0.05, 0) is 63.0 Å². The first-order valence-corrected chi connectivity index (χ1v) is 14.3. The zero-order valence-electron chi connectivity index (χ0n) is 24.4. The van der Waals surface area contributed by atoms with Crippen LogP contribution in [0, 0.1) is 0 Å². The number of H-pyrrole nitrogens is 1. The lowest BCUT2D eigenvalue weighted by atomic mass is 10.1. The maximum absolute atomic E-state index is 11.1. The summed E-state index contributed by atoms with van der Waals surface area (Å²) in [5.74, 6) is 0.274. The van der Waals surface area contributed by atoms with Gasteiger partial charge in [0.2, 0.25) is 0 Å². The van der Waals surface area contributed by atoms with E-state index in [1.165, 1.54) is 6.54 Å². The van der Waals surface area contributed by atoms with Gasteiger partial charge in [0.15, 0.2) is 11.3 Å². The average Bonchev–Trinajstić information content (AvgIpc) is 3.62. The number of rotatable bonds is 8. The van der Waals surface area contributed by atoms with Crippen molar-refractivity contribution >= 4 is 52.7 Å². The second kappa shape index (κ2) is 16.2. The van der Waals surface area contributed by atoms with Crippen LogP contribution < -0.4 is 15.2 Å². The number of piperidine rings is 2. The topological polar surface area (TPSA) is 137 Å². The number of carboxylic acid groups (broad SMARTS) is 1. The number of nitrogens with one attached hydrogen (secondary N) is 1. The van der Waals surface area contributed by atoms with Crippen molar-refractivity contribution in [2.24, 2.45) is 5.73 Å². The van der Waals surface area contributed by atoms with Crippen molar-refractivity contribution < 1.29 is 28.9 Å². The number of carboxylic acids is 1. The first-order chi connectivity index (χ1) is 19.9. The van der Waals surface area contributed by atoms with Crippen molar-refractivity contribution in [1.82, 2.24) is 14.8 Å². The molecule has 0 bridgehead atoms. The third-order valence-electron chi connectivity index (χ3n) is 8.02. The molecular formula is C31H42Cl2N4O6. The number of nitrogens with zero attached hydrogens (tertiary/aromatic N) is 2. The van der Waals surface area contributed by atoms with E-state index in [4.69, 9.17) is 24.7 Å². The molecule has 2 aliphatic heterocycles. The van der Waals surface area contributed by atoms with Gasteiger partial charge in [0.05, 0.1) is 19.5 Å². The molecular weight excluding hydrogens is 595 g/mol. The first kappa shape index (κ1) is 34.5. The largest absolute Gasteiger partial charge is 0.493 e. The summed E-state index contributed by atoms with van der Waals surface area (Å²) in [5, 5.41) is 20.2. The monoisotopic (exact) mass is 636 g/mol. The second-order valence-corrected chi connectivity index (χ2v) is 10.8. The van der Waals surface area contributed by atoms with Crippen LogP contribution in [-0.2, 0) is 6.61 Å². The summed E-state index contributed by atoms with van der Waals surface area (Å²) in [4.78, 5) is 19.0. The number of hydrogen-bond acceptors (Lipinski definition) is 8. The summed E-state index contributed by atoms with van der Waals surface area (Å²) in [6, 6.07) is 13.1. The number of furan rings is 1. The van der Waals surface area contributed by atoms with Gasteiger partial charge in [-0.1, -0.05) is 18.2 Å². The van der Waals surface area contributed by atoms with E-state index in [0.717, 1.165) is 74.7 Å². The highest BCUT2D eigenvalue weighted by Gasteiger charge is 2.20. The maximum atomic E-state index is 11.1. The van der Waals surface area contributed by atoms with Gasteiger partial charge < -0.3 is 44.6 Å². The Morgan fingerprint density at radius 3 is 2.26 bits per heavy atom. The standard InChI is InChI=1S/C19H15NO5.C12H25N3O.2ClH/c1-23-17-7-2-4-12-11(10-25-18(12)17)9-24-16-6-3-5-14-13(16)8-15(20-14)19(21)22;13-11-1-5-14(6-2-11)9-10-15-7-3-12(16)4-8-15;;/h2-8,10,20H,9H2,1H3,(H,21,22);11-12,16H,1-10,13H2;2*1H. The van der Waals surface area contributed by atoms with Gasteiger partial charge in [0.1, 0.15) is 18.1 Å². The lowest BCUT2D eigenvalue weighted by Gasteiger charge is -2.34. The Balaban J connectivity index is 0.000000246. The van der Waals surface area contributed by atoms with Gasteiger partial charge in [0, 0.05) is 54.1 Å². The van der Waals surface area contributed by atoms with Gasteiger partial charge in [0.25, 0.3) is 0 Å². The lowest BCUT2D eigenvalue weighted by molar-refractivity contribution is 0.0691. The van der Waals surface area contributed by atoms with Gasteiger partial charge >= 0.3 is 5.97 Å². The van der Waals surface area contributed by atoms with E-state index < -0.39 is 5.97 Å². The molecule has 0 aliphatic carbocycles. The molecule has 0 atom stereocenters. The quantitative estimate of drug-likeness (QED) is 0.212. The Labute approximate surface area is 263 Å². The Morgan fingerprint density at radius 2 is 1.60 bits per heavy atom. The van der Waals surface area contributed by atoms with E-state index in [1.54, 1.807) is 19.4 Å². The Morgan fingerprint density at radius 1 is 0.977 bits per heavy atom. The predicted octanol–water partition coefficient (Wildman–Crippen LogP) is 4.91. The maximum Gasteiger partial charge on any atom is 0.352 e. The molecule has 2 saturated heterocycles. The number of methoxy groups -OCH3 is 1. The fourth-order valence-corrected chi connectivity index (χ4v) is 5.48. The highest BCUT2D eigenvalue weighted by atomic mass is 35.5. The summed E-state index contributed by atoms with van der Waals surface area (Å²) in [6.45, 7) is 7.08. The third-order valence-corrected chi connectivity index (χ3v) is 8.02. The fraction of sp³-hybridized carbons (Fsp3) is 0.452. The average molecular weight is 638 g/mol. The summed E-state index contributed by atoms with van der Waals surface area (Å²) in [6.07, 6.45) is 5.80. The van der Waals surface area contributed by atoms with Crippen molar-refractivity contribution in [1.29, 1.82) is 0 Å². The van der Waals surface area contributed by atoms with Crippen molar-refractivity contribution in [3.05, 3.63) is 60.0 Å². The molecule has 4 aromatic rings. The van der Waals surface area contributed by atoms with Crippen LogP contribution in [0.4, 0.5) is 0 Å². The number of para-hydroxylation sites is 1. The number of hydrogen-bond donors (Lipinski definition) is 4. The Bertz CT molecular complexity index is 1420. The van der Waals surface area contributed by atoms with E-state index in [0.29, 0.717) is 35.2 Å². The fourth-order valence-electron chi connectivity index (χ4n) is 5.48. The van der Waals surface area contributed by atoms with Crippen LogP contribution in [-0.4, -0.2) is 89.5 Å². The number of benzene rings is 2. The molecule has 0 amide bonds. The van der Waals surface area contributed by atoms with Gasteiger partial charge in [-0.2, -0.15) is 0 Å². The molecule has 0 spiro atoms. The van der Waals surface area contributed by atoms with Crippen molar-refractivity contribution in [2.75, 3.05) is 46.4 Å². The lowest BCUT2D eigenvalue weighted by Crippen LogP contribution is -2.45. The van der Waals surface area contributed by atoms with Crippen molar-refractivity contribution in [3.8, 4) is 11.5 Å². The first-order valence-electron chi connectivity index (χ1n) is 14.3. The third kappa shape index (κ3) is 8.78. The van der Waals surface area contributed by atoms with E-state index >= 15 is 0 Å². The van der Waals surface area contributed by atoms with E-state index in [2.05, 4.69) is 14.8 Å². The van der Waals surface area contributed by atoms with Crippen LogP contribution in [0.5, 0.6) is 11.5 Å². The number of aromatic carboxylic acids is 1. The molecule has 2 aliphatic rings. The zero-order chi connectivity index (χ0) is 28.8. The summed E-state index contributed by atoms with van der Waals surface area (Å²) < 4.78 is 16.8. The molecule has 0 unspecified atom stereocenters. The van der Waals surface area contributed by atoms with Crippen LogP contribution in [0.1, 0.15) is 41.7 Å². The molecule has 12 heteroatoms. The zero-order valence-corrected chi connectivity index (χ0v) is 26.0. The number of aromatic amines is 1. The number of likely N-dealkylation sites (tertiary alicyclic amines) is 2. The number of aromatic nitrogens is 1. The number of nitrogens with two attached hydrogens (primary N) is 1. The molecule has 4 heterocycles.